The van der Waals surface area contributed by atoms with E-state index in [0.29, 0.717) is 31.6 Å². The maximum Gasteiger partial charge on any atom is 0.336 e. The van der Waals surface area contributed by atoms with Crippen molar-refractivity contribution < 1.29 is 47.7 Å². The van der Waals surface area contributed by atoms with Crippen LogP contribution < -0.4 is 12.5 Å². The minimum absolute atomic E-state index is 0.0161. The van der Waals surface area contributed by atoms with Crippen molar-refractivity contribution in [1.82, 2.24) is 0 Å². The van der Waals surface area contributed by atoms with Crippen molar-refractivity contribution in [2.45, 2.75) is 77.6 Å². The van der Waals surface area contributed by atoms with E-state index in [2.05, 4.69) is 6.92 Å². The predicted molar refractivity (Wildman–Crippen MR) is 135 cm³/mol. The average molecular weight is 573 g/mol. The normalized spacial score (nSPS) is 12.3. The fourth-order valence-corrected chi connectivity index (χ4v) is 4.97. The number of hydrogen-bond acceptors (Lipinski definition) is 10. The summed E-state index contributed by atoms with van der Waals surface area (Å²) >= 11 is 0. The van der Waals surface area contributed by atoms with Crippen molar-refractivity contribution in [1.29, 1.82) is 0 Å². The summed E-state index contributed by atoms with van der Waals surface area (Å²) in [6.07, 6.45) is 12.0. The zero-order chi connectivity index (χ0) is 27.6. The van der Waals surface area contributed by atoms with Gasteiger partial charge in [0, 0.05) is 11.6 Å². The van der Waals surface area contributed by atoms with Crippen LogP contribution in [0, 0.1) is 0 Å². The first-order valence-corrected chi connectivity index (χ1v) is 17.1. The molecule has 0 aromatic heterocycles. The molecule has 0 aliphatic carbocycles. The molecule has 1 rings (SSSR count). The predicted octanol–water partition coefficient (Wildman–Crippen LogP) is 3.86. The topological polar surface area (TPSA) is 167 Å². The van der Waals surface area contributed by atoms with Gasteiger partial charge in [-0.25, -0.2) is 4.79 Å². The van der Waals surface area contributed by atoms with Crippen LogP contribution in [0.3, 0.4) is 0 Å². The Morgan fingerprint density at radius 3 is 1.53 bits per heavy atom. The molecule has 14 heteroatoms. The Hall–Kier alpha value is -2.06. The summed E-state index contributed by atoms with van der Waals surface area (Å²) < 4.78 is 85.6. The highest BCUT2D eigenvalue weighted by atomic mass is 32.2. The Morgan fingerprint density at radius 1 is 0.694 bits per heavy atom. The molecule has 0 atom stereocenters. The highest BCUT2D eigenvalue weighted by Gasteiger charge is 2.30. The number of carboxylic acid groups (broad SMARTS) is 1. The molecular formula is C22H36O11S3. The number of aromatic carboxylic acids is 1. The lowest BCUT2D eigenvalue weighted by molar-refractivity contribution is 0.0694. The minimum atomic E-state index is -4.32. The van der Waals surface area contributed by atoms with E-state index in [1.54, 1.807) is 0 Å². The van der Waals surface area contributed by atoms with Crippen molar-refractivity contribution in [2.75, 3.05) is 18.8 Å². The van der Waals surface area contributed by atoms with Gasteiger partial charge < -0.3 is 17.7 Å². The van der Waals surface area contributed by atoms with E-state index in [4.69, 9.17) is 12.5 Å². The van der Waals surface area contributed by atoms with Gasteiger partial charge in [-0.15, -0.1) is 0 Å². The Morgan fingerprint density at radius 2 is 1.11 bits per heavy atom. The van der Waals surface area contributed by atoms with Crippen LogP contribution in [0.15, 0.2) is 6.07 Å². The van der Waals surface area contributed by atoms with Crippen LogP contribution in [0.25, 0.3) is 0 Å². The lowest BCUT2D eigenvalue weighted by Crippen LogP contribution is -2.17. The van der Waals surface area contributed by atoms with Gasteiger partial charge in [-0.05, 0) is 12.8 Å². The lowest BCUT2D eigenvalue weighted by Gasteiger charge is -2.19. The molecule has 0 saturated carbocycles. The lowest BCUT2D eigenvalue weighted by atomic mass is 9.98. The van der Waals surface area contributed by atoms with E-state index < -0.39 is 59.1 Å². The van der Waals surface area contributed by atoms with E-state index in [-0.39, 0.29) is 12.0 Å². The van der Waals surface area contributed by atoms with E-state index in [1.165, 1.54) is 25.7 Å². The molecule has 0 aliphatic rings. The monoisotopic (exact) mass is 572 g/mol. The van der Waals surface area contributed by atoms with Gasteiger partial charge in [0.05, 0.1) is 24.3 Å². The van der Waals surface area contributed by atoms with Gasteiger partial charge >= 0.3 is 36.3 Å². The molecule has 1 aromatic carbocycles. The Kier molecular flexibility index (Phi) is 12.5. The maximum atomic E-state index is 12.0. The summed E-state index contributed by atoms with van der Waals surface area (Å²) in [6, 6.07) is 0.782. The summed E-state index contributed by atoms with van der Waals surface area (Å²) in [5.74, 6) is -3.94. The van der Waals surface area contributed by atoms with Crippen molar-refractivity contribution in [3.8, 4) is 17.2 Å². The molecule has 208 valence electrons. The van der Waals surface area contributed by atoms with Crippen LogP contribution in [0.1, 0.15) is 87.1 Å². The third-order valence-electron chi connectivity index (χ3n) is 5.03. The first-order valence-electron chi connectivity index (χ1n) is 11.7. The highest BCUT2D eigenvalue weighted by molar-refractivity contribution is 7.87. The second-order valence-electron chi connectivity index (χ2n) is 8.66. The van der Waals surface area contributed by atoms with Crippen LogP contribution in [0.5, 0.6) is 17.2 Å². The first kappa shape index (κ1) is 32.0. The Balaban J connectivity index is 3.30. The number of carbonyl (C=O) groups is 1. The zero-order valence-electron chi connectivity index (χ0n) is 21.1. The van der Waals surface area contributed by atoms with E-state index in [0.717, 1.165) is 31.7 Å². The zero-order valence-corrected chi connectivity index (χ0v) is 23.6. The number of hydrogen-bond donors (Lipinski definition) is 1. The summed E-state index contributed by atoms with van der Waals surface area (Å²) in [6.45, 7) is 2.16. The van der Waals surface area contributed by atoms with Gasteiger partial charge in [-0.1, -0.05) is 64.7 Å². The molecule has 1 aromatic rings. The molecule has 0 bridgehead atoms. The van der Waals surface area contributed by atoms with Crippen LogP contribution >= 0.6 is 0 Å². The summed E-state index contributed by atoms with van der Waals surface area (Å²) in [7, 11) is -12.9. The van der Waals surface area contributed by atoms with Crippen LogP contribution in [-0.2, 0) is 36.8 Å². The quantitative estimate of drug-likeness (QED) is 0.200. The number of carboxylic acids is 1. The van der Waals surface area contributed by atoms with E-state index in [1.807, 2.05) is 0 Å². The van der Waals surface area contributed by atoms with Crippen LogP contribution in [0.4, 0.5) is 0 Å². The summed E-state index contributed by atoms with van der Waals surface area (Å²) in [4.78, 5) is 12.0. The summed E-state index contributed by atoms with van der Waals surface area (Å²) in [5.41, 5.74) is -0.643. The third-order valence-corrected chi connectivity index (χ3v) is 6.45. The van der Waals surface area contributed by atoms with Gasteiger partial charge in [0.15, 0.2) is 11.5 Å². The van der Waals surface area contributed by atoms with E-state index >= 15 is 0 Å². The fraction of sp³-hybridized carbons (Fsp3) is 0.682. The highest BCUT2D eigenvalue weighted by Crippen LogP contribution is 2.45. The van der Waals surface area contributed by atoms with Gasteiger partial charge in [-0.3, -0.25) is 0 Å². The van der Waals surface area contributed by atoms with E-state index in [9.17, 15) is 35.2 Å². The molecule has 0 radical (unpaired) electrons. The molecule has 0 fully saturated rings. The van der Waals surface area contributed by atoms with Crippen LogP contribution in [0.2, 0.25) is 0 Å². The largest absolute Gasteiger partial charge is 0.478 e. The van der Waals surface area contributed by atoms with Gasteiger partial charge in [0.1, 0.15) is 0 Å². The smallest absolute Gasteiger partial charge is 0.336 e. The van der Waals surface area contributed by atoms with Gasteiger partial charge in [0.25, 0.3) is 0 Å². The number of benzene rings is 1. The van der Waals surface area contributed by atoms with Crippen molar-refractivity contribution >= 4 is 36.3 Å². The SMILES string of the molecule is CCCCCCCCCCCCc1c(C(=O)O)cc(OS(C)(=O)=O)c(OS(C)(=O)=O)c1OS(C)(=O)=O. The van der Waals surface area contributed by atoms with Gasteiger partial charge in [0.2, 0.25) is 5.75 Å². The van der Waals surface area contributed by atoms with Crippen molar-refractivity contribution in [3.05, 3.63) is 17.2 Å². The van der Waals surface area contributed by atoms with Crippen molar-refractivity contribution in [3.63, 3.8) is 0 Å². The number of unbranched alkanes of at least 4 members (excludes halogenated alkanes) is 9. The second-order valence-corrected chi connectivity index (χ2v) is 13.4. The third kappa shape index (κ3) is 12.8. The van der Waals surface area contributed by atoms with Crippen molar-refractivity contribution in [2.24, 2.45) is 0 Å². The maximum absolute atomic E-state index is 12.0. The molecule has 0 amide bonds. The molecule has 0 aliphatic heterocycles. The number of rotatable bonds is 18. The fourth-order valence-electron chi connectivity index (χ4n) is 3.58. The molecule has 36 heavy (non-hydrogen) atoms. The first-order chi connectivity index (χ1) is 16.5. The van der Waals surface area contributed by atoms with Crippen LogP contribution in [-0.4, -0.2) is 55.1 Å². The second kappa shape index (κ2) is 14.0. The van der Waals surface area contributed by atoms with Gasteiger partial charge in [-0.2, -0.15) is 25.3 Å². The molecule has 11 nitrogen and oxygen atoms in total. The Bertz CT molecular complexity index is 1200. The molecule has 0 saturated heterocycles. The molecule has 0 spiro atoms. The molecule has 0 heterocycles. The Labute approximate surface area is 214 Å². The molecular weight excluding hydrogens is 536 g/mol. The molecule has 0 unspecified atom stereocenters. The summed E-state index contributed by atoms with van der Waals surface area (Å²) in [5, 5.41) is 9.73. The average Bonchev–Trinajstić information content (AvgIpc) is 2.69. The minimum Gasteiger partial charge on any atom is -0.478 e. The molecule has 1 N–H and O–H groups in total. The standard InChI is InChI=1S/C22H36O11S3/c1-5-6-7-8-9-10-11-12-13-14-15-17-18(22(23)24)16-19(31-34(2,25)26)21(33-36(4,29)30)20(17)32-35(3,27)28/h16H,5-15H2,1-4H3,(H,23,24).